The quantitative estimate of drug-likeness (QED) is 0.394. The van der Waals surface area contributed by atoms with E-state index in [0.29, 0.717) is 24.0 Å². The van der Waals surface area contributed by atoms with Crippen molar-refractivity contribution < 1.29 is 26.3 Å². The lowest BCUT2D eigenvalue weighted by Crippen LogP contribution is -2.35. The van der Waals surface area contributed by atoms with Gasteiger partial charge in [0.1, 0.15) is 21.8 Å². The second kappa shape index (κ2) is 8.53. The van der Waals surface area contributed by atoms with Gasteiger partial charge >= 0.3 is 0 Å². The molecule has 2 aromatic heterocycles. The largest absolute Gasteiger partial charge is 0.505 e. The van der Waals surface area contributed by atoms with Gasteiger partial charge in [-0.3, -0.25) is 9.31 Å². The Labute approximate surface area is 216 Å². The molecule has 38 heavy (non-hydrogen) atoms. The first-order valence-electron chi connectivity index (χ1n) is 11.7. The number of sulfonamides is 1. The van der Waals surface area contributed by atoms with Gasteiger partial charge in [0.25, 0.3) is 15.6 Å². The van der Waals surface area contributed by atoms with Crippen LogP contribution in [0.15, 0.2) is 74.9 Å². The summed E-state index contributed by atoms with van der Waals surface area (Å²) in [6, 6.07) is 13.0. The summed E-state index contributed by atoms with van der Waals surface area (Å²) in [5.74, 6) is -1.21. The number of hydrogen-bond acceptors (Lipinski definition) is 7. The van der Waals surface area contributed by atoms with Gasteiger partial charge < -0.3 is 10.4 Å². The third kappa shape index (κ3) is 3.89. The second-order valence-electron chi connectivity index (χ2n) is 9.24. The summed E-state index contributed by atoms with van der Waals surface area (Å²) >= 11 is 0. The monoisotopic (exact) mass is 556 g/mol. The van der Waals surface area contributed by atoms with Crippen LogP contribution in [0.1, 0.15) is 34.8 Å². The van der Waals surface area contributed by atoms with Crippen LogP contribution in [0.25, 0.3) is 5.52 Å². The number of hydrogen-bond donors (Lipinski definition) is 2. The Bertz CT molecular complexity index is 1930. The number of fused-ring (bicyclic) bond motifs is 2. The smallest absolute Gasteiger partial charge is 0.286 e. The van der Waals surface area contributed by atoms with E-state index >= 15 is 0 Å². The van der Waals surface area contributed by atoms with Crippen LogP contribution in [0.5, 0.6) is 5.75 Å². The van der Waals surface area contributed by atoms with Crippen molar-refractivity contribution in [2.75, 3.05) is 11.1 Å². The fourth-order valence-corrected chi connectivity index (χ4v) is 8.10. The van der Waals surface area contributed by atoms with Crippen molar-refractivity contribution in [2.45, 2.75) is 29.5 Å². The van der Waals surface area contributed by atoms with Crippen LogP contribution in [-0.2, 0) is 26.4 Å². The number of halogens is 1. The number of anilines is 1. The van der Waals surface area contributed by atoms with E-state index in [1.165, 1.54) is 45.6 Å². The van der Waals surface area contributed by atoms with Crippen molar-refractivity contribution in [1.82, 2.24) is 9.20 Å². The molecule has 6 rings (SSSR count). The van der Waals surface area contributed by atoms with Gasteiger partial charge in [0, 0.05) is 6.20 Å². The molecule has 0 spiro atoms. The number of sulfone groups is 1. The van der Waals surface area contributed by atoms with Crippen molar-refractivity contribution in [3.8, 4) is 5.75 Å². The first-order valence-corrected chi connectivity index (χ1v) is 14.9. The number of aromatic nitrogens is 2. The molecule has 2 N–H and O–H groups in total. The van der Waals surface area contributed by atoms with Gasteiger partial charge in [0.2, 0.25) is 0 Å². The van der Waals surface area contributed by atoms with Crippen LogP contribution in [0.3, 0.4) is 0 Å². The Morgan fingerprint density at radius 1 is 1.08 bits per heavy atom. The Balaban J connectivity index is 1.47. The van der Waals surface area contributed by atoms with Crippen LogP contribution in [-0.4, -0.2) is 42.7 Å². The Morgan fingerprint density at radius 3 is 2.55 bits per heavy atom. The SMILES string of the molecule is O=c1c(C2=NS(=O)(=O)c3cc(C4CCCS4(=O)=O)ccc3N2)c(O)c2cccn2n1Cc1ccc(F)cc1. The highest BCUT2D eigenvalue weighted by Gasteiger charge is 2.35. The zero-order valence-corrected chi connectivity index (χ0v) is 21.3. The predicted molar refractivity (Wildman–Crippen MR) is 138 cm³/mol. The van der Waals surface area contributed by atoms with Crippen LogP contribution in [0.2, 0.25) is 0 Å². The number of rotatable bonds is 4. The van der Waals surface area contributed by atoms with Crippen molar-refractivity contribution >= 4 is 36.9 Å². The van der Waals surface area contributed by atoms with E-state index in [4.69, 9.17) is 0 Å². The minimum atomic E-state index is -4.36. The molecule has 196 valence electrons. The van der Waals surface area contributed by atoms with E-state index in [-0.39, 0.29) is 39.8 Å². The van der Waals surface area contributed by atoms with E-state index in [0.717, 1.165) is 0 Å². The third-order valence-electron chi connectivity index (χ3n) is 6.85. The normalized spacial score (nSPS) is 19.6. The van der Waals surface area contributed by atoms with Crippen molar-refractivity contribution in [3.63, 3.8) is 0 Å². The summed E-state index contributed by atoms with van der Waals surface area (Å²) in [6.45, 7) is 0.00735. The number of nitrogens with zero attached hydrogens (tertiary/aromatic N) is 3. The number of amidine groups is 1. The molecule has 2 aliphatic heterocycles. The van der Waals surface area contributed by atoms with Crippen molar-refractivity contribution in [1.29, 1.82) is 0 Å². The number of aromatic hydroxyl groups is 1. The highest BCUT2D eigenvalue weighted by atomic mass is 32.2. The summed E-state index contributed by atoms with van der Waals surface area (Å²) in [5.41, 5.74) is 0.226. The lowest BCUT2D eigenvalue weighted by atomic mass is 10.1. The molecular weight excluding hydrogens is 535 g/mol. The lowest BCUT2D eigenvalue weighted by Gasteiger charge is -2.21. The van der Waals surface area contributed by atoms with Crippen LogP contribution in [0, 0.1) is 5.82 Å². The molecule has 0 saturated carbocycles. The summed E-state index contributed by atoms with van der Waals surface area (Å²) in [7, 11) is -7.72. The molecule has 1 saturated heterocycles. The first kappa shape index (κ1) is 24.4. The van der Waals surface area contributed by atoms with Crippen LogP contribution in [0.4, 0.5) is 10.1 Å². The zero-order chi connectivity index (χ0) is 26.8. The molecule has 0 bridgehead atoms. The van der Waals surface area contributed by atoms with Gasteiger partial charge in [-0.2, -0.15) is 8.42 Å². The van der Waals surface area contributed by atoms with Crippen LogP contribution >= 0.6 is 0 Å². The molecule has 13 heteroatoms. The second-order valence-corrected chi connectivity index (χ2v) is 13.1. The highest BCUT2D eigenvalue weighted by Crippen LogP contribution is 2.38. The summed E-state index contributed by atoms with van der Waals surface area (Å²) in [4.78, 5) is 13.4. The predicted octanol–water partition coefficient (Wildman–Crippen LogP) is 2.80. The maximum Gasteiger partial charge on any atom is 0.286 e. The Hall–Kier alpha value is -3.97. The topological polar surface area (TPSA) is 139 Å². The van der Waals surface area contributed by atoms with E-state index < -0.39 is 42.2 Å². The van der Waals surface area contributed by atoms with Crippen LogP contribution < -0.4 is 10.9 Å². The number of benzene rings is 2. The molecule has 2 aromatic carbocycles. The number of nitrogens with one attached hydrogen (secondary N) is 1. The Morgan fingerprint density at radius 2 is 1.84 bits per heavy atom. The molecule has 1 unspecified atom stereocenters. The lowest BCUT2D eigenvalue weighted by molar-refractivity contribution is 0.466. The Kier molecular flexibility index (Phi) is 5.47. The third-order valence-corrected chi connectivity index (χ3v) is 10.4. The maximum atomic E-state index is 13.6. The van der Waals surface area contributed by atoms with Crippen molar-refractivity contribution in [3.05, 3.63) is 93.7 Å². The molecule has 1 fully saturated rings. The molecule has 10 nitrogen and oxygen atoms in total. The molecule has 2 aliphatic rings. The van der Waals surface area contributed by atoms with Crippen molar-refractivity contribution in [2.24, 2.45) is 4.40 Å². The van der Waals surface area contributed by atoms with Gasteiger partial charge in [-0.05, 0) is 60.4 Å². The van der Waals surface area contributed by atoms with Gasteiger partial charge in [-0.1, -0.05) is 18.2 Å². The molecule has 0 aliphatic carbocycles. The molecule has 4 heterocycles. The summed E-state index contributed by atoms with van der Waals surface area (Å²) < 4.78 is 71.1. The minimum Gasteiger partial charge on any atom is -0.505 e. The van der Waals surface area contributed by atoms with E-state index in [1.54, 1.807) is 24.4 Å². The standard InChI is InChI=1S/C25H21FN4O6S2/c26-17-8-5-15(6-9-17)14-30-25(32)22(23(31)19-3-1-11-29(19)30)24-27-18-10-7-16(13-21(18)38(35,36)28-24)20-4-2-12-37(20,33)34/h1,3,5-11,13,20,31H,2,4,12,14H2,(H,27,28). The van der Waals surface area contributed by atoms with Gasteiger partial charge in [0.05, 0.1) is 23.2 Å². The fraction of sp³-hybridized carbons (Fsp3) is 0.200. The first-order chi connectivity index (χ1) is 18.0. The maximum absolute atomic E-state index is 13.6. The van der Waals surface area contributed by atoms with Gasteiger partial charge in [0.15, 0.2) is 21.4 Å². The van der Waals surface area contributed by atoms with E-state index in [1.807, 2.05) is 0 Å². The fourth-order valence-electron chi connectivity index (χ4n) is 5.00. The average molecular weight is 557 g/mol. The van der Waals surface area contributed by atoms with Gasteiger partial charge in [-0.15, -0.1) is 4.40 Å². The zero-order valence-electron chi connectivity index (χ0n) is 19.7. The molecular formula is C25H21FN4O6S2. The molecule has 0 radical (unpaired) electrons. The average Bonchev–Trinajstić information content (AvgIpc) is 3.49. The molecule has 4 aromatic rings. The highest BCUT2D eigenvalue weighted by molar-refractivity contribution is 7.92. The molecule has 1 atom stereocenters. The minimum absolute atomic E-state index is 0.00735. The molecule has 0 amide bonds. The van der Waals surface area contributed by atoms with Gasteiger partial charge in [-0.25, -0.2) is 17.5 Å². The summed E-state index contributed by atoms with van der Waals surface area (Å²) in [5, 5.41) is 13.0. The van der Waals surface area contributed by atoms with E-state index in [9.17, 15) is 31.1 Å². The summed E-state index contributed by atoms with van der Waals surface area (Å²) in [6.07, 6.45) is 2.47. The van der Waals surface area contributed by atoms with E-state index in [2.05, 4.69) is 9.71 Å².